The molecule has 0 bridgehead atoms. The Balaban J connectivity index is 0.000000744. The van der Waals surface area contributed by atoms with E-state index in [4.69, 9.17) is 17.3 Å². The van der Waals surface area contributed by atoms with Crippen molar-refractivity contribution in [1.29, 1.82) is 0 Å². The van der Waals surface area contributed by atoms with Crippen LogP contribution in [0.15, 0.2) is 24.3 Å². The van der Waals surface area contributed by atoms with Crippen LogP contribution < -0.4 is 11.1 Å². The molecule has 0 aliphatic carbocycles. The highest BCUT2D eigenvalue weighted by molar-refractivity contribution is 6.63. The van der Waals surface area contributed by atoms with Gasteiger partial charge in [0.1, 0.15) is 0 Å². The number of nitrogens with zero attached hydrogens (tertiary/aromatic N) is 2. The van der Waals surface area contributed by atoms with Crippen molar-refractivity contribution in [2.45, 2.75) is 81.1 Å². The van der Waals surface area contributed by atoms with Crippen molar-refractivity contribution in [2.75, 3.05) is 11.1 Å². The van der Waals surface area contributed by atoms with E-state index in [1.807, 2.05) is 55.4 Å². The van der Waals surface area contributed by atoms with Crippen LogP contribution in [0.1, 0.15) is 92.2 Å². The van der Waals surface area contributed by atoms with Gasteiger partial charge in [0.25, 0.3) is 11.4 Å². The van der Waals surface area contributed by atoms with Gasteiger partial charge in [0, 0.05) is 35.8 Å². The molecule has 13 heteroatoms. The summed E-state index contributed by atoms with van der Waals surface area (Å²) in [5.74, 6) is 9.10. The number of halogens is 3. The lowest BCUT2D eigenvalue weighted by Crippen LogP contribution is -2.13. The number of nitrogens with one attached hydrogen (secondary N) is 1. The number of carbonyl (C=O) groups is 2. The van der Waals surface area contributed by atoms with Gasteiger partial charge in [-0.1, -0.05) is 37.5 Å². The lowest BCUT2D eigenvalue weighted by Gasteiger charge is -2.10. The molecule has 0 aliphatic heterocycles. The fourth-order valence-corrected chi connectivity index (χ4v) is 3.06. The lowest BCUT2D eigenvalue weighted by molar-refractivity contribution is -0.385. The molecule has 0 saturated heterocycles. The van der Waals surface area contributed by atoms with Gasteiger partial charge >= 0.3 is 0 Å². The molecule has 0 heterocycles. The highest BCUT2D eigenvalue weighted by atomic mass is 35.5. The van der Waals surface area contributed by atoms with Crippen LogP contribution in [-0.4, -0.2) is 21.0 Å². The number of nitro groups is 2. The molecule has 0 unspecified atom stereocenters. The third-order valence-corrected chi connectivity index (χ3v) is 5.13. The standard InChI is InChI=1S/C16H19FN2O3.C12H13FN2O2.C4H7ClO/c1-5-6-14(20)18-15-11(7-8-16(2,3)4)9-12(19(21)22)10-13(15)17;1-12(2,3)5-4-8-6-9(15(16)17)7-10(13)11(8)14;1-2-3-4(5)6/h9-10H,5-6H2,1-4H3,(H,18,20);6-7H,14H2,1-3H3;2-3H2,1H3. The molecule has 244 valence electrons. The number of nitro benzene ring substituents is 2. The molecule has 0 aromatic heterocycles. The molecule has 0 radical (unpaired) electrons. The van der Waals surface area contributed by atoms with Gasteiger partial charge < -0.3 is 11.1 Å². The van der Waals surface area contributed by atoms with E-state index in [2.05, 4.69) is 29.0 Å². The van der Waals surface area contributed by atoms with E-state index in [9.17, 15) is 38.6 Å². The maximum atomic E-state index is 14.1. The van der Waals surface area contributed by atoms with Crippen LogP contribution in [0, 0.1) is 66.4 Å². The molecule has 2 aromatic carbocycles. The Morgan fingerprint density at radius 3 is 1.62 bits per heavy atom. The van der Waals surface area contributed by atoms with Crippen LogP contribution >= 0.6 is 11.6 Å². The number of hydrogen-bond acceptors (Lipinski definition) is 7. The third kappa shape index (κ3) is 16.8. The summed E-state index contributed by atoms with van der Waals surface area (Å²) in [7, 11) is 0. The minimum absolute atomic E-state index is 0.103. The van der Waals surface area contributed by atoms with Crippen molar-refractivity contribution in [3.63, 3.8) is 0 Å². The number of anilines is 2. The summed E-state index contributed by atoms with van der Waals surface area (Å²) < 4.78 is 27.4. The second-order valence-electron chi connectivity index (χ2n) is 11.7. The Morgan fingerprint density at radius 1 is 0.822 bits per heavy atom. The van der Waals surface area contributed by atoms with Crippen molar-refractivity contribution in [3.8, 4) is 23.7 Å². The summed E-state index contributed by atoms with van der Waals surface area (Å²) in [6, 6.07) is 3.92. The Hall–Kier alpha value is -4.55. The first kappa shape index (κ1) is 40.5. The first-order valence-corrected chi connectivity index (χ1v) is 14.3. The van der Waals surface area contributed by atoms with Gasteiger partial charge in [0.15, 0.2) is 11.6 Å². The van der Waals surface area contributed by atoms with E-state index in [1.165, 1.54) is 12.1 Å². The number of amides is 1. The number of non-ortho nitro benzene ring substituents is 2. The van der Waals surface area contributed by atoms with Gasteiger partial charge in [-0.2, -0.15) is 0 Å². The quantitative estimate of drug-likeness (QED) is 0.101. The van der Waals surface area contributed by atoms with Crippen LogP contribution in [0.4, 0.5) is 31.5 Å². The molecule has 3 N–H and O–H groups in total. The van der Waals surface area contributed by atoms with E-state index in [-0.39, 0.29) is 56.6 Å². The molecule has 0 fully saturated rings. The molecule has 2 aromatic rings. The van der Waals surface area contributed by atoms with Gasteiger partial charge in [-0.25, -0.2) is 8.78 Å². The van der Waals surface area contributed by atoms with Crippen molar-refractivity contribution < 1.29 is 28.2 Å². The number of rotatable bonds is 7. The molecule has 0 aliphatic rings. The Kier molecular flexibility index (Phi) is 16.5. The second kappa shape index (κ2) is 18.3. The molecule has 0 atom stereocenters. The Morgan fingerprint density at radius 2 is 1.24 bits per heavy atom. The maximum Gasteiger partial charge on any atom is 0.273 e. The van der Waals surface area contributed by atoms with E-state index >= 15 is 0 Å². The minimum Gasteiger partial charge on any atom is -0.395 e. The zero-order valence-corrected chi connectivity index (χ0v) is 27.4. The lowest BCUT2D eigenvalue weighted by atomic mass is 9.97. The van der Waals surface area contributed by atoms with Crippen molar-refractivity contribution in [2.24, 2.45) is 10.8 Å². The average molecular weight is 649 g/mol. The number of nitrogens with two attached hydrogens (primary N) is 1. The third-order valence-electron chi connectivity index (χ3n) is 4.94. The molecule has 10 nitrogen and oxygen atoms in total. The van der Waals surface area contributed by atoms with E-state index < -0.39 is 27.2 Å². The predicted octanol–water partition coefficient (Wildman–Crippen LogP) is 8.14. The minimum atomic E-state index is -0.864. The first-order valence-electron chi connectivity index (χ1n) is 13.9. The summed E-state index contributed by atoms with van der Waals surface area (Å²) in [6.07, 6.45) is 2.20. The maximum absolute atomic E-state index is 14.1. The van der Waals surface area contributed by atoms with Crippen molar-refractivity contribution >= 4 is 45.5 Å². The molecular weight excluding hydrogens is 610 g/mol. The van der Waals surface area contributed by atoms with Crippen LogP contribution in [0.3, 0.4) is 0 Å². The summed E-state index contributed by atoms with van der Waals surface area (Å²) in [5, 5.41) is 23.6. The van der Waals surface area contributed by atoms with Gasteiger partial charge in [-0.15, -0.1) is 0 Å². The normalized spacial score (nSPS) is 10.3. The molecule has 45 heavy (non-hydrogen) atoms. The fourth-order valence-electron chi connectivity index (χ4n) is 2.87. The molecule has 0 spiro atoms. The average Bonchev–Trinajstić information content (AvgIpc) is 2.89. The highest BCUT2D eigenvalue weighted by Crippen LogP contribution is 2.27. The van der Waals surface area contributed by atoms with Gasteiger partial charge in [0.05, 0.1) is 44.5 Å². The molecular formula is C32H39ClF2N4O6. The van der Waals surface area contributed by atoms with Crippen LogP contribution in [0.25, 0.3) is 0 Å². The SMILES string of the molecule is CC(C)(C)C#Cc1cc([N+](=O)[O-])cc(F)c1N.CCCC(=O)Cl.CCCC(=O)Nc1c(F)cc([N+](=O)[O-])cc1C#CC(C)(C)C. The van der Waals surface area contributed by atoms with E-state index in [0.717, 1.165) is 18.6 Å². The van der Waals surface area contributed by atoms with Gasteiger partial charge in [-0.05, 0) is 66.0 Å². The zero-order valence-electron chi connectivity index (χ0n) is 26.7. The monoisotopic (exact) mass is 648 g/mol. The Bertz CT molecular complexity index is 1520. The van der Waals surface area contributed by atoms with Crippen LogP contribution in [0.5, 0.6) is 0 Å². The summed E-state index contributed by atoms with van der Waals surface area (Å²) in [4.78, 5) is 41.5. The topological polar surface area (TPSA) is 158 Å². The number of benzene rings is 2. The zero-order chi connectivity index (χ0) is 35.1. The summed E-state index contributed by atoms with van der Waals surface area (Å²) >= 11 is 4.94. The predicted molar refractivity (Wildman–Crippen MR) is 172 cm³/mol. The van der Waals surface area contributed by atoms with E-state index in [0.29, 0.717) is 12.8 Å². The van der Waals surface area contributed by atoms with Gasteiger partial charge in [0.2, 0.25) is 11.1 Å². The molecule has 1 amide bonds. The van der Waals surface area contributed by atoms with E-state index in [1.54, 1.807) is 0 Å². The Labute approximate surface area is 267 Å². The number of carbonyl (C=O) groups excluding carboxylic acids is 2. The van der Waals surface area contributed by atoms with Crippen LogP contribution in [-0.2, 0) is 9.59 Å². The summed E-state index contributed by atoms with van der Waals surface area (Å²) in [6.45, 7) is 15.0. The van der Waals surface area contributed by atoms with Crippen LogP contribution in [0.2, 0.25) is 0 Å². The number of hydrogen-bond donors (Lipinski definition) is 2. The largest absolute Gasteiger partial charge is 0.395 e. The molecule has 0 saturated carbocycles. The van der Waals surface area contributed by atoms with Crippen molar-refractivity contribution in [1.82, 2.24) is 0 Å². The first-order chi connectivity index (χ1) is 20.6. The smallest absolute Gasteiger partial charge is 0.273 e. The fraction of sp³-hybridized carbons (Fsp3) is 0.438. The van der Waals surface area contributed by atoms with Gasteiger partial charge in [-0.3, -0.25) is 29.8 Å². The second-order valence-corrected chi connectivity index (χ2v) is 12.1. The summed E-state index contributed by atoms with van der Waals surface area (Å²) in [5.41, 5.74) is 4.07. The highest BCUT2D eigenvalue weighted by Gasteiger charge is 2.18. The number of nitrogen functional groups attached to an aromatic ring is 1. The molecule has 2 rings (SSSR count). The van der Waals surface area contributed by atoms with Crippen molar-refractivity contribution in [3.05, 3.63) is 67.3 Å².